The van der Waals surface area contributed by atoms with Gasteiger partial charge in [-0.25, -0.2) is 0 Å². The minimum absolute atomic E-state index is 0.126. The maximum Gasteiger partial charge on any atom is 0.194 e. The lowest BCUT2D eigenvalue weighted by Gasteiger charge is -2.67. The van der Waals surface area contributed by atoms with E-state index in [1.165, 1.54) is 17.7 Å². The molecule has 10 atom stereocenters. The van der Waals surface area contributed by atoms with E-state index in [9.17, 15) is 10.2 Å². The number of likely N-dealkylation sites (N-methyl/N-ethyl adjacent to an activating group) is 2. The minimum Gasteiger partial charge on any atom is -0.392 e. The summed E-state index contributed by atoms with van der Waals surface area (Å²) >= 11 is 0. The van der Waals surface area contributed by atoms with Crippen LogP contribution in [0, 0.1) is 17.8 Å². The predicted octanol–water partition coefficient (Wildman–Crippen LogP) is 2.09. The van der Waals surface area contributed by atoms with Crippen molar-refractivity contribution >= 4 is 5.69 Å². The van der Waals surface area contributed by atoms with Gasteiger partial charge in [-0.3, -0.25) is 4.48 Å². The van der Waals surface area contributed by atoms with Crippen molar-refractivity contribution in [3.8, 4) is 0 Å². The lowest BCUT2D eigenvalue weighted by Crippen LogP contribution is -2.82. The molecule has 4 saturated heterocycles. The van der Waals surface area contributed by atoms with Gasteiger partial charge in [-0.05, 0) is 30.9 Å². The molecule has 1 aromatic rings. The third-order valence-electron chi connectivity index (χ3n) is 9.67. The van der Waals surface area contributed by atoms with E-state index in [1.807, 2.05) is 0 Å². The van der Waals surface area contributed by atoms with E-state index >= 15 is 0 Å². The highest BCUT2D eigenvalue weighted by atomic mass is 16.3. The van der Waals surface area contributed by atoms with Gasteiger partial charge in [-0.2, -0.15) is 0 Å². The van der Waals surface area contributed by atoms with Crippen molar-refractivity contribution < 1.29 is 14.7 Å². The Labute approximate surface area is 156 Å². The predicted molar refractivity (Wildman–Crippen MR) is 101 cm³/mol. The number of aliphatic hydroxyl groups is 2. The number of aliphatic hydroxyl groups excluding tert-OH is 2. The number of anilines is 1. The summed E-state index contributed by atoms with van der Waals surface area (Å²) < 4.78 is 0.849. The van der Waals surface area contributed by atoms with Crippen LogP contribution in [0.2, 0.25) is 0 Å². The second-order valence-electron chi connectivity index (χ2n) is 9.67. The van der Waals surface area contributed by atoms with Gasteiger partial charge in [-0.1, -0.05) is 25.1 Å². The first-order valence-electron chi connectivity index (χ1n) is 10.6. The van der Waals surface area contributed by atoms with E-state index in [1.54, 1.807) is 0 Å². The first kappa shape index (κ1) is 15.9. The van der Waals surface area contributed by atoms with Crippen LogP contribution in [0.25, 0.3) is 0 Å². The van der Waals surface area contributed by atoms with Crippen LogP contribution < -0.4 is 4.90 Å². The molecule has 6 aliphatic rings. The average molecular weight is 356 g/mol. The van der Waals surface area contributed by atoms with Crippen LogP contribution in [-0.2, 0) is 5.41 Å². The van der Waals surface area contributed by atoms with Crippen LogP contribution in [0.4, 0.5) is 5.69 Å². The van der Waals surface area contributed by atoms with Gasteiger partial charge >= 0.3 is 0 Å². The molecular weight excluding hydrogens is 324 g/mol. The summed E-state index contributed by atoms with van der Waals surface area (Å²) in [6.07, 6.45) is 2.71. The Morgan fingerprint density at radius 1 is 1.19 bits per heavy atom. The standard InChI is InChI=1S/C22H31N2O2/c1-4-12-13-10-16-19-22(14-8-6-7-9-15(14)23(19)3)11-17(18(13)20(22)25)24(16,5-2)21(12)26/h6-9,12-13,16-21,25-26H,4-5,10-11H2,1-3H3/q+1/t12-,13+,16-,17+,18-,19-,20+,21-,22-,24?/m1/s1. The topological polar surface area (TPSA) is 43.7 Å². The third kappa shape index (κ3) is 1.30. The fourth-order valence-corrected chi connectivity index (χ4v) is 9.03. The number of quaternary nitrogens is 1. The molecular formula is C22H31N2O2+. The SMILES string of the molecule is CC[C@@H]1[C@@H]2C[C@@H]3[C@H]4N(C)c5ccccc5[C@]45C[C@@H]([C@@H]2[C@@H]5O)[N+]3(CC)[C@@H]1O. The molecule has 1 spiro atoms. The monoisotopic (exact) mass is 355 g/mol. The summed E-state index contributed by atoms with van der Waals surface area (Å²) in [5.41, 5.74) is 2.55. The summed E-state index contributed by atoms with van der Waals surface area (Å²) in [4.78, 5) is 2.46. The highest BCUT2D eigenvalue weighted by Gasteiger charge is 2.82. The van der Waals surface area contributed by atoms with Gasteiger partial charge in [0.2, 0.25) is 0 Å². The van der Waals surface area contributed by atoms with E-state index < -0.39 is 0 Å². The zero-order chi connectivity index (χ0) is 18.0. The van der Waals surface area contributed by atoms with Crippen LogP contribution in [0.3, 0.4) is 0 Å². The van der Waals surface area contributed by atoms with E-state index in [0.717, 1.165) is 23.9 Å². The number of rotatable bonds is 2. The maximum absolute atomic E-state index is 11.8. The Morgan fingerprint density at radius 3 is 2.69 bits per heavy atom. The molecule has 1 unspecified atom stereocenters. The van der Waals surface area contributed by atoms with Gasteiger partial charge in [0, 0.05) is 37.4 Å². The highest BCUT2D eigenvalue weighted by molar-refractivity contribution is 5.66. The van der Waals surface area contributed by atoms with Gasteiger partial charge in [0.15, 0.2) is 6.23 Å². The van der Waals surface area contributed by atoms with Crippen molar-refractivity contribution in [2.24, 2.45) is 17.8 Å². The molecule has 1 saturated carbocycles. The summed E-state index contributed by atoms with van der Waals surface area (Å²) in [6.45, 7) is 5.48. The summed E-state index contributed by atoms with van der Waals surface area (Å²) in [5, 5.41) is 23.4. The average Bonchev–Trinajstić information content (AvgIpc) is 3.04. The molecule has 5 fully saturated rings. The number of para-hydroxylation sites is 1. The normalized spacial score (nSPS) is 55.3. The Kier molecular flexibility index (Phi) is 2.85. The van der Waals surface area contributed by atoms with Gasteiger partial charge in [0.25, 0.3) is 0 Å². The fraction of sp³-hybridized carbons (Fsp3) is 0.727. The summed E-state index contributed by atoms with van der Waals surface area (Å²) in [6, 6.07) is 9.93. The molecule has 0 amide bonds. The second kappa shape index (κ2) is 4.65. The van der Waals surface area contributed by atoms with Crippen molar-refractivity contribution in [1.82, 2.24) is 0 Å². The molecule has 5 aliphatic heterocycles. The van der Waals surface area contributed by atoms with Crippen molar-refractivity contribution in [1.29, 1.82) is 0 Å². The van der Waals surface area contributed by atoms with E-state index in [2.05, 4.69) is 50.1 Å². The fourth-order valence-electron chi connectivity index (χ4n) is 9.03. The van der Waals surface area contributed by atoms with Crippen molar-refractivity contribution in [2.45, 2.75) is 69.0 Å². The molecule has 4 heteroatoms. The van der Waals surface area contributed by atoms with Crippen molar-refractivity contribution in [3.63, 3.8) is 0 Å². The molecule has 140 valence electrons. The molecule has 2 N–H and O–H groups in total. The Balaban J connectivity index is 1.63. The van der Waals surface area contributed by atoms with Crippen LogP contribution >= 0.6 is 0 Å². The van der Waals surface area contributed by atoms with E-state index in [0.29, 0.717) is 35.9 Å². The molecule has 1 aliphatic carbocycles. The van der Waals surface area contributed by atoms with Crippen molar-refractivity contribution in [3.05, 3.63) is 29.8 Å². The number of nitrogens with zero attached hydrogens (tertiary/aromatic N) is 2. The first-order chi connectivity index (χ1) is 12.5. The molecule has 26 heavy (non-hydrogen) atoms. The molecule has 1 aromatic carbocycles. The molecule has 7 rings (SSSR count). The van der Waals surface area contributed by atoms with Crippen LogP contribution in [-0.4, -0.2) is 58.7 Å². The first-order valence-corrected chi connectivity index (χ1v) is 10.6. The number of hydrogen-bond donors (Lipinski definition) is 2. The number of fused-ring (bicyclic) bond motifs is 2. The largest absolute Gasteiger partial charge is 0.392 e. The minimum atomic E-state index is -0.272. The number of piperidine rings is 4. The van der Waals surface area contributed by atoms with Gasteiger partial charge < -0.3 is 15.1 Å². The molecule has 5 heterocycles. The molecule has 5 bridgehead atoms. The smallest absolute Gasteiger partial charge is 0.194 e. The van der Waals surface area contributed by atoms with Gasteiger partial charge in [-0.15, -0.1) is 0 Å². The Bertz CT molecular complexity index is 783. The van der Waals surface area contributed by atoms with Crippen LogP contribution in [0.5, 0.6) is 0 Å². The lowest BCUT2D eigenvalue weighted by atomic mass is 9.60. The number of benzene rings is 1. The quantitative estimate of drug-likeness (QED) is 0.799. The zero-order valence-corrected chi connectivity index (χ0v) is 16.0. The Hall–Kier alpha value is -1.10. The summed E-state index contributed by atoms with van der Waals surface area (Å²) in [5.74, 6) is 1.18. The molecule has 4 nitrogen and oxygen atoms in total. The van der Waals surface area contributed by atoms with Gasteiger partial charge in [0.1, 0.15) is 6.04 Å². The Morgan fingerprint density at radius 2 is 1.96 bits per heavy atom. The maximum atomic E-state index is 11.8. The van der Waals surface area contributed by atoms with Crippen LogP contribution in [0.15, 0.2) is 24.3 Å². The summed E-state index contributed by atoms with van der Waals surface area (Å²) in [7, 11) is 2.22. The highest BCUT2D eigenvalue weighted by Crippen LogP contribution is 2.71. The molecule has 0 radical (unpaired) electrons. The second-order valence-corrected chi connectivity index (χ2v) is 9.67. The number of hydrogen-bond acceptors (Lipinski definition) is 3. The molecule has 0 aromatic heterocycles. The zero-order valence-electron chi connectivity index (χ0n) is 16.0. The van der Waals surface area contributed by atoms with E-state index in [-0.39, 0.29) is 17.7 Å². The van der Waals surface area contributed by atoms with Crippen molar-refractivity contribution in [2.75, 3.05) is 18.5 Å². The third-order valence-corrected chi connectivity index (χ3v) is 9.67. The lowest BCUT2D eigenvalue weighted by molar-refractivity contribution is -1.04. The van der Waals surface area contributed by atoms with Gasteiger partial charge in [0.05, 0.1) is 30.1 Å². The van der Waals surface area contributed by atoms with Crippen LogP contribution in [0.1, 0.15) is 38.7 Å². The van der Waals surface area contributed by atoms with E-state index in [4.69, 9.17) is 0 Å².